The summed E-state index contributed by atoms with van der Waals surface area (Å²) in [6.07, 6.45) is 1.62. The van der Waals surface area contributed by atoms with Gasteiger partial charge in [-0.3, -0.25) is 0 Å². The lowest BCUT2D eigenvalue weighted by Crippen LogP contribution is -2.27. The number of methoxy groups -OCH3 is 1. The van der Waals surface area contributed by atoms with E-state index in [0.29, 0.717) is 34.4 Å². The van der Waals surface area contributed by atoms with Crippen LogP contribution < -0.4 is 9.64 Å². The van der Waals surface area contributed by atoms with Gasteiger partial charge in [0.05, 0.1) is 35.5 Å². The lowest BCUT2D eigenvalue weighted by molar-refractivity contribution is 0.414. The molecule has 0 saturated heterocycles. The number of aromatic nitrogens is 3. The van der Waals surface area contributed by atoms with E-state index in [9.17, 15) is 8.42 Å². The minimum absolute atomic E-state index is 0.0345. The molecular weight excluding hydrogens is 394 g/mol. The second kappa shape index (κ2) is 8.18. The Morgan fingerprint density at radius 2 is 1.83 bits per heavy atom. The first-order valence-corrected chi connectivity index (χ1v) is 10.2. The molecule has 3 aromatic rings. The zero-order valence-electron chi connectivity index (χ0n) is 16.9. The molecule has 0 bridgehead atoms. The average Bonchev–Trinajstić information content (AvgIpc) is 3.13. The maximum Gasteiger partial charge on any atom is 0.243 e. The monoisotopic (exact) mass is 417 g/mol. The molecule has 1 aromatic carbocycles. The molecule has 9 nitrogen and oxygen atoms in total. The highest BCUT2D eigenvalue weighted by Crippen LogP contribution is 2.27. The Balaban J connectivity index is 1.97. The Bertz CT molecular complexity index is 1090. The molecular formula is C19H23N5O4S. The van der Waals surface area contributed by atoms with Crippen molar-refractivity contribution >= 4 is 16.0 Å². The zero-order valence-corrected chi connectivity index (χ0v) is 17.8. The Labute approximate surface area is 170 Å². The van der Waals surface area contributed by atoms with Gasteiger partial charge in [-0.25, -0.2) is 18.4 Å². The third-order valence-electron chi connectivity index (χ3n) is 4.29. The summed E-state index contributed by atoms with van der Waals surface area (Å²) in [7, 11) is 2.93. The molecule has 10 heteroatoms. The molecule has 0 saturated carbocycles. The summed E-state index contributed by atoms with van der Waals surface area (Å²) in [5.41, 5.74) is 1.81. The normalized spacial score (nSPS) is 11.7. The first-order chi connectivity index (χ1) is 13.7. The van der Waals surface area contributed by atoms with Gasteiger partial charge in [-0.05, 0) is 31.2 Å². The molecule has 0 aliphatic carbocycles. The van der Waals surface area contributed by atoms with Crippen molar-refractivity contribution in [2.45, 2.75) is 18.4 Å². The van der Waals surface area contributed by atoms with Crippen LogP contribution in [0.4, 0.5) is 5.95 Å². The van der Waals surface area contributed by atoms with Crippen LogP contribution in [0, 0.1) is 6.92 Å². The second-order valence-corrected chi connectivity index (χ2v) is 8.74. The molecule has 0 unspecified atom stereocenters. The minimum Gasteiger partial charge on any atom is -0.497 e. The smallest absolute Gasteiger partial charge is 0.243 e. The van der Waals surface area contributed by atoms with Crippen LogP contribution in [0.25, 0.3) is 11.3 Å². The quantitative estimate of drug-likeness (QED) is 0.577. The molecule has 0 atom stereocenters. The number of aryl methyl sites for hydroxylation is 1. The third kappa shape index (κ3) is 4.38. The van der Waals surface area contributed by atoms with E-state index in [1.54, 1.807) is 29.3 Å². The summed E-state index contributed by atoms with van der Waals surface area (Å²) < 4.78 is 37.7. The van der Waals surface area contributed by atoms with Crippen molar-refractivity contribution in [3.63, 3.8) is 0 Å². The van der Waals surface area contributed by atoms with E-state index < -0.39 is 10.0 Å². The summed E-state index contributed by atoms with van der Waals surface area (Å²) in [5.74, 6) is 1.54. The lowest BCUT2D eigenvalue weighted by atomic mass is 10.1. The van der Waals surface area contributed by atoms with Crippen molar-refractivity contribution in [1.82, 2.24) is 19.4 Å². The van der Waals surface area contributed by atoms with Crippen LogP contribution in [0.3, 0.4) is 0 Å². The Morgan fingerprint density at radius 1 is 1.14 bits per heavy atom. The van der Waals surface area contributed by atoms with Gasteiger partial charge in [-0.2, -0.15) is 4.31 Å². The minimum atomic E-state index is -3.73. The van der Waals surface area contributed by atoms with Gasteiger partial charge in [-0.1, -0.05) is 5.16 Å². The third-order valence-corrected chi connectivity index (χ3v) is 6.11. The van der Waals surface area contributed by atoms with Crippen LogP contribution in [0.15, 0.2) is 45.9 Å². The van der Waals surface area contributed by atoms with Crippen molar-refractivity contribution in [2.75, 3.05) is 33.2 Å². The van der Waals surface area contributed by atoms with Gasteiger partial charge in [0, 0.05) is 33.4 Å². The summed E-state index contributed by atoms with van der Waals surface area (Å²) in [4.78, 5) is 10.8. The van der Waals surface area contributed by atoms with Crippen molar-refractivity contribution < 1.29 is 17.7 Å². The summed E-state index contributed by atoms with van der Waals surface area (Å²) in [5, 5.41) is 3.90. The van der Waals surface area contributed by atoms with Crippen molar-refractivity contribution in [1.29, 1.82) is 0 Å². The number of hydrogen-bond acceptors (Lipinski definition) is 8. The van der Waals surface area contributed by atoms with Crippen molar-refractivity contribution in [3.05, 3.63) is 47.9 Å². The molecule has 2 aromatic heterocycles. The summed E-state index contributed by atoms with van der Waals surface area (Å²) >= 11 is 0. The van der Waals surface area contributed by atoms with Gasteiger partial charge < -0.3 is 14.2 Å². The van der Waals surface area contributed by atoms with Gasteiger partial charge in [-0.15, -0.1) is 0 Å². The van der Waals surface area contributed by atoms with Crippen LogP contribution in [-0.2, 0) is 16.6 Å². The predicted octanol–water partition coefficient (Wildman–Crippen LogP) is 2.34. The van der Waals surface area contributed by atoms with Crippen LogP contribution in [0.1, 0.15) is 11.4 Å². The zero-order chi connectivity index (χ0) is 21.2. The van der Waals surface area contributed by atoms with Gasteiger partial charge in [0.25, 0.3) is 0 Å². The van der Waals surface area contributed by atoms with Crippen molar-refractivity contribution in [2.24, 2.45) is 0 Å². The van der Waals surface area contributed by atoms with Gasteiger partial charge in [0.15, 0.2) is 5.76 Å². The van der Waals surface area contributed by atoms with Crippen molar-refractivity contribution in [3.8, 4) is 17.1 Å². The fourth-order valence-electron chi connectivity index (χ4n) is 2.66. The maximum absolute atomic E-state index is 13.0. The molecule has 0 aliphatic heterocycles. The van der Waals surface area contributed by atoms with E-state index >= 15 is 0 Å². The SMILES string of the molecule is COc1ccc(S(=O)(=O)N(C)Cc2nc(N(C)C)ncc2-c2cc(C)no2)cc1. The number of rotatable bonds is 7. The first-order valence-electron chi connectivity index (χ1n) is 8.79. The number of nitrogens with zero attached hydrogens (tertiary/aromatic N) is 5. The largest absolute Gasteiger partial charge is 0.497 e. The van der Waals surface area contributed by atoms with Gasteiger partial charge >= 0.3 is 0 Å². The second-order valence-electron chi connectivity index (χ2n) is 6.69. The molecule has 0 aliphatic rings. The molecule has 154 valence electrons. The highest BCUT2D eigenvalue weighted by atomic mass is 32.2. The lowest BCUT2D eigenvalue weighted by Gasteiger charge is -2.19. The van der Waals surface area contributed by atoms with E-state index in [1.165, 1.54) is 30.6 Å². The van der Waals surface area contributed by atoms with Gasteiger partial charge in [0.1, 0.15) is 5.75 Å². The number of hydrogen-bond donors (Lipinski definition) is 0. The number of sulfonamides is 1. The highest BCUT2D eigenvalue weighted by Gasteiger charge is 2.24. The topological polar surface area (TPSA) is 102 Å². The molecule has 0 spiro atoms. The molecule has 29 heavy (non-hydrogen) atoms. The summed E-state index contributed by atoms with van der Waals surface area (Å²) in [6, 6.07) is 8.00. The molecule has 0 radical (unpaired) electrons. The number of benzene rings is 1. The number of anilines is 1. The fourth-order valence-corrected chi connectivity index (χ4v) is 3.79. The average molecular weight is 417 g/mol. The van der Waals surface area contributed by atoms with E-state index in [1.807, 2.05) is 21.0 Å². The van der Waals surface area contributed by atoms with Crippen LogP contribution >= 0.6 is 0 Å². The van der Waals surface area contributed by atoms with Gasteiger partial charge in [0.2, 0.25) is 16.0 Å². The summed E-state index contributed by atoms with van der Waals surface area (Å²) in [6.45, 7) is 1.84. The molecule has 2 heterocycles. The van der Waals surface area contributed by atoms with E-state index in [4.69, 9.17) is 9.26 Å². The van der Waals surface area contributed by atoms with E-state index in [0.717, 1.165) is 0 Å². The fraction of sp³-hybridized carbons (Fsp3) is 0.316. The highest BCUT2D eigenvalue weighted by molar-refractivity contribution is 7.89. The van der Waals surface area contributed by atoms with Crippen LogP contribution in [0.2, 0.25) is 0 Å². The molecule has 0 fully saturated rings. The molecule has 0 N–H and O–H groups in total. The predicted molar refractivity (Wildman–Crippen MR) is 108 cm³/mol. The van der Waals surface area contributed by atoms with E-state index in [-0.39, 0.29) is 11.4 Å². The number of ether oxygens (including phenoxy) is 1. The first kappa shape index (κ1) is 20.7. The Hall–Kier alpha value is -2.98. The Morgan fingerprint density at radius 3 is 2.38 bits per heavy atom. The van der Waals surface area contributed by atoms with Crippen LogP contribution in [0.5, 0.6) is 5.75 Å². The molecule has 0 amide bonds. The molecule has 3 rings (SSSR count). The van der Waals surface area contributed by atoms with Crippen LogP contribution in [-0.4, -0.2) is 56.1 Å². The standard InChI is InChI=1S/C19H23N5O4S/c1-13-10-18(28-22-13)16-11-20-19(23(2)3)21-17(16)12-24(4)29(25,26)15-8-6-14(27-5)7-9-15/h6-11H,12H2,1-5H3. The maximum atomic E-state index is 13.0. The Kier molecular flexibility index (Phi) is 5.85. The van der Waals surface area contributed by atoms with E-state index in [2.05, 4.69) is 15.1 Å².